The number of aliphatic carboxylic acids is 1. The highest BCUT2D eigenvalue weighted by Crippen LogP contribution is 2.25. The van der Waals surface area contributed by atoms with Crippen molar-refractivity contribution in [2.24, 2.45) is 0 Å². The summed E-state index contributed by atoms with van der Waals surface area (Å²) in [5.41, 5.74) is 0.825. The van der Waals surface area contributed by atoms with E-state index >= 15 is 0 Å². The van der Waals surface area contributed by atoms with Crippen molar-refractivity contribution in [1.29, 1.82) is 0 Å². The van der Waals surface area contributed by atoms with E-state index in [-0.39, 0.29) is 0 Å². The molecular weight excluding hydrogens is 246 g/mol. The third kappa shape index (κ3) is 3.75. The normalized spacial score (nSPS) is 21.4. The van der Waals surface area contributed by atoms with Gasteiger partial charge in [0.1, 0.15) is 6.04 Å². The molecule has 1 saturated heterocycles. The molecule has 2 rings (SSSR count). The Balaban J connectivity index is 1.92. The van der Waals surface area contributed by atoms with Gasteiger partial charge in [0, 0.05) is 11.8 Å². The molecule has 98 valence electrons. The average molecular weight is 265 g/mol. The minimum Gasteiger partial charge on any atom is -0.480 e. The molecule has 3 nitrogen and oxygen atoms in total. The second-order valence-corrected chi connectivity index (χ2v) is 5.99. The Kier molecular flexibility index (Phi) is 5.08. The summed E-state index contributed by atoms with van der Waals surface area (Å²) in [6.45, 7) is 0.774. The smallest absolute Gasteiger partial charge is 0.325 e. The van der Waals surface area contributed by atoms with Crippen molar-refractivity contribution in [3.05, 3.63) is 35.9 Å². The van der Waals surface area contributed by atoms with Crippen LogP contribution in [0.2, 0.25) is 0 Å². The fourth-order valence-corrected chi connectivity index (χ4v) is 3.46. The van der Waals surface area contributed by atoms with Crippen LogP contribution in [0.4, 0.5) is 0 Å². The zero-order valence-electron chi connectivity index (χ0n) is 10.3. The number of carboxylic acid groups (broad SMARTS) is 1. The molecule has 0 aromatic heterocycles. The number of nitrogens with one attached hydrogen (secondary N) is 1. The summed E-state index contributed by atoms with van der Waals surface area (Å²) in [6, 6.07) is 8.79. The third-order valence-corrected chi connectivity index (χ3v) is 4.60. The summed E-state index contributed by atoms with van der Waals surface area (Å²) in [5, 5.41) is 13.0. The summed E-state index contributed by atoms with van der Waals surface area (Å²) >= 11 is 1.96. The molecule has 4 heteroatoms. The Morgan fingerprint density at radius 1 is 1.39 bits per heavy atom. The van der Waals surface area contributed by atoms with Crippen LogP contribution in [0.25, 0.3) is 0 Å². The monoisotopic (exact) mass is 265 g/mol. The van der Waals surface area contributed by atoms with Gasteiger partial charge in [-0.3, -0.25) is 10.1 Å². The van der Waals surface area contributed by atoms with Crippen LogP contribution in [0.15, 0.2) is 30.3 Å². The molecule has 0 aliphatic carbocycles. The lowest BCUT2D eigenvalue weighted by Crippen LogP contribution is -2.34. The summed E-state index contributed by atoms with van der Waals surface area (Å²) in [4.78, 5) is 11.3. The number of thioether (sulfide) groups is 1. The van der Waals surface area contributed by atoms with E-state index in [0.29, 0.717) is 5.25 Å². The van der Waals surface area contributed by atoms with Crippen LogP contribution in [0.5, 0.6) is 0 Å². The maximum absolute atomic E-state index is 11.3. The van der Waals surface area contributed by atoms with Crippen molar-refractivity contribution in [2.45, 2.75) is 30.6 Å². The molecular formula is C14H19NO2S. The van der Waals surface area contributed by atoms with Crippen LogP contribution in [0, 0.1) is 0 Å². The molecule has 0 spiro atoms. The number of hydrogen-bond donors (Lipinski definition) is 2. The molecule has 0 bridgehead atoms. The molecule has 1 aliphatic rings. The Morgan fingerprint density at radius 3 is 2.78 bits per heavy atom. The van der Waals surface area contributed by atoms with Crippen molar-refractivity contribution in [2.75, 3.05) is 12.3 Å². The van der Waals surface area contributed by atoms with Gasteiger partial charge in [0.05, 0.1) is 0 Å². The number of hydrogen-bond acceptors (Lipinski definition) is 3. The van der Waals surface area contributed by atoms with E-state index in [1.54, 1.807) is 0 Å². The topological polar surface area (TPSA) is 49.3 Å². The van der Waals surface area contributed by atoms with Crippen LogP contribution in [0.1, 0.15) is 30.9 Å². The second-order valence-electron chi connectivity index (χ2n) is 4.58. The molecule has 2 atom stereocenters. The molecule has 0 amide bonds. The van der Waals surface area contributed by atoms with Gasteiger partial charge in [-0.15, -0.1) is 0 Å². The average Bonchev–Trinajstić information content (AvgIpc) is 2.41. The standard InChI is InChI=1S/C14H19NO2S/c16-14(17)13(11-6-2-1-3-7-11)15-10-12-8-4-5-9-18-12/h1-3,6-7,12-13,15H,4-5,8-10H2,(H,16,17). The van der Waals surface area contributed by atoms with Gasteiger partial charge in [-0.2, -0.15) is 11.8 Å². The lowest BCUT2D eigenvalue weighted by Gasteiger charge is -2.23. The van der Waals surface area contributed by atoms with Crippen molar-refractivity contribution in [3.63, 3.8) is 0 Å². The molecule has 1 fully saturated rings. The molecule has 0 saturated carbocycles. The number of rotatable bonds is 5. The third-order valence-electron chi connectivity index (χ3n) is 3.20. The van der Waals surface area contributed by atoms with Gasteiger partial charge < -0.3 is 5.11 Å². The molecule has 2 unspecified atom stereocenters. The molecule has 1 aromatic rings. The summed E-state index contributed by atoms with van der Waals surface area (Å²) in [7, 11) is 0. The fraction of sp³-hybridized carbons (Fsp3) is 0.500. The Bertz CT molecular complexity index is 377. The van der Waals surface area contributed by atoms with Crippen molar-refractivity contribution < 1.29 is 9.90 Å². The zero-order chi connectivity index (χ0) is 12.8. The Hall–Kier alpha value is -1.00. The Labute approximate surface area is 112 Å². The SMILES string of the molecule is O=C(O)C(NCC1CCCCS1)c1ccccc1. The van der Waals surface area contributed by atoms with Gasteiger partial charge in [0.15, 0.2) is 0 Å². The summed E-state index contributed by atoms with van der Waals surface area (Å²) in [5.74, 6) is 0.400. The number of carboxylic acids is 1. The maximum Gasteiger partial charge on any atom is 0.325 e. The van der Waals surface area contributed by atoms with Gasteiger partial charge in [-0.1, -0.05) is 36.8 Å². The van der Waals surface area contributed by atoms with Gasteiger partial charge in [0.2, 0.25) is 0 Å². The van der Waals surface area contributed by atoms with Crippen molar-refractivity contribution >= 4 is 17.7 Å². The van der Waals surface area contributed by atoms with E-state index in [0.717, 1.165) is 12.1 Å². The van der Waals surface area contributed by atoms with Gasteiger partial charge in [0.25, 0.3) is 0 Å². The maximum atomic E-state index is 11.3. The molecule has 1 heterocycles. The van der Waals surface area contributed by atoms with Crippen LogP contribution >= 0.6 is 11.8 Å². The fourth-order valence-electron chi connectivity index (χ4n) is 2.21. The van der Waals surface area contributed by atoms with E-state index in [4.69, 9.17) is 0 Å². The molecule has 18 heavy (non-hydrogen) atoms. The highest BCUT2D eigenvalue weighted by molar-refractivity contribution is 7.99. The number of carbonyl (C=O) groups is 1. The van der Waals surface area contributed by atoms with Crippen LogP contribution in [-0.4, -0.2) is 28.6 Å². The lowest BCUT2D eigenvalue weighted by molar-refractivity contribution is -0.139. The first-order chi connectivity index (χ1) is 8.77. The van der Waals surface area contributed by atoms with E-state index in [2.05, 4.69) is 5.32 Å². The predicted octanol–water partition coefficient (Wildman–Crippen LogP) is 2.69. The minimum absolute atomic E-state index is 0.560. The second kappa shape index (κ2) is 6.81. The molecule has 2 N–H and O–H groups in total. The quantitative estimate of drug-likeness (QED) is 0.859. The molecule has 0 radical (unpaired) electrons. The minimum atomic E-state index is -0.804. The lowest BCUT2D eigenvalue weighted by atomic mass is 10.1. The van der Waals surface area contributed by atoms with Crippen LogP contribution in [0.3, 0.4) is 0 Å². The summed E-state index contributed by atoms with van der Waals surface area (Å²) < 4.78 is 0. The largest absolute Gasteiger partial charge is 0.480 e. The highest BCUT2D eigenvalue weighted by atomic mass is 32.2. The van der Waals surface area contributed by atoms with Gasteiger partial charge in [-0.05, 0) is 24.2 Å². The first-order valence-electron chi connectivity index (χ1n) is 6.40. The zero-order valence-corrected chi connectivity index (χ0v) is 11.2. The van der Waals surface area contributed by atoms with E-state index in [1.807, 2.05) is 42.1 Å². The highest BCUT2D eigenvalue weighted by Gasteiger charge is 2.21. The van der Waals surface area contributed by atoms with Crippen LogP contribution in [-0.2, 0) is 4.79 Å². The van der Waals surface area contributed by atoms with E-state index in [1.165, 1.54) is 25.0 Å². The first-order valence-corrected chi connectivity index (χ1v) is 7.45. The first kappa shape index (κ1) is 13.4. The van der Waals surface area contributed by atoms with E-state index in [9.17, 15) is 9.90 Å². The van der Waals surface area contributed by atoms with Gasteiger partial charge in [-0.25, -0.2) is 0 Å². The molecule has 1 aromatic carbocycles. The van der Waals surface area contributed by atoms with Crippen molar-refractivity contribution in [1.82, 2.24) is 5.32 Å². The Morgan fingerprint density at radius 2 is 2.17 bits per heavy atom. The van der Waals surface area contributed by atoms with Gasteiger partial charge >= 0.3 is 5.97 Å². The van der Waals surface area contributed by atoms with Crippen LogP contribution < -0.4 is 5.32 Å². The van der Waals surface area contributed by atoms with Crippen molar-refractivity contribution in [3.8, 4) is 0 Å². The van der Waals surface area contributed by atoms with E-state index < -0.39 is 12.0 Å². The number of benzene rings is 1. The predicted molar refractivity (Wildman–Crippen MR) is 74.9 cm³/mol. The summed E-state index contributed by atoms with van der Waals surface area (Å²) in [6.07, 6.45) is 3.75. The molecule has 1 aliphatic heterocycles.